The number of carbonyl (C=O) groups is 2. The van der Waals surface area contributed by atoms with Gasteiger partial charge in [0.25, 0.3) is 10.0 Å². The third-order valence-electron chi connectivity index (χ3n) is 4.10. The fourth-order valence-corrected chi connectivity index (χ4v) is 4.85. The molecule has 0 aliphatic carbocycles. The Hall–Kier alpha value is -2.43. The highest BCUT2D eigenvalue weighted by atomic mass is 35.5. The summed E-state index contributed by atoms with van der Waals surface area (Å²) in [7, 11) is -1.40. The van der Waals surface area contributed by atoms with E-state index in [4.69, 9.17) is 16.3 Å². The van der Waals surface area contributed by atoms with Crippen molar-refractivity contribution in [2.75, 3.05) is 36.1 Å². The number of fused-ring (bicyclic) bond motifs is 1. The molecule has 8 nitrogen and oxygen atoms in total. The number of halogens is 1. The molecular formula is C18H17ClN2O6S2. The van der Waals surface area contributed by atoms with E-state index in [9.17, 15) is 18.0 Å². The van der Waals surface area contributed by atoms with Crippen molar-refractivity contribution in [1.29, 1.82) is 0 Å². The van der Waals surface area contributed by atoms with Crippen LogP contribution in [0.3, 0.4) is 0 Å². The zero-order valence-electron chi connectivity index (χ0n) is 15.5. The number of anilines is 2. The predicted molar refractivity (Wildman–Crippen MR) is 110 cm³/mol. The van der Waals surface area contributed by atoms with E-state index in [1.807, 2.05) is 0 Å². The molecule has 0 radical (unpaired) electrons. The smallest absolute Gasteiger partial charge is 0.325 e. The van der Waals surface area contributed by atoms with Crippen LogP contribution in [0.4, 0.5) is 11.4 Å². The summed E-state index contributed by atoms with van der Waals surface area (Å²) < 4.78 is 38.1. The van der Waals surface area contributed by atoms with Gasteiger partial charge in [-0.1, -0.05) is 11.6 Å². The Morgan fingerprint density at radius 2 is 2.00 bits per heavy atom. The minimum atomic E-state index is -4.02. The summed E-state index contributed by atoms with van der Waals surface area (Å²) in [6, 6.07) is 8.92. The Bertz CT molecular complexity index is 1070. The zero-order valence-corrected chi connectivity index (χ0v) is 17.9. The number of nitrogens with one attached hydrogen (secondary N) is 1. The summed E-state index contributed by atoms with van der Waals surface area (Å²) in [5, 5.41) is 0.334. The molecule has 11 heteroatoms. The molecule has 1 amide bonds. The highest BCUT2D eigenvalue weighted by Crippen LogP contribution is 2.37. The van der Waals surface area contributed by atoms with Gasteiger partial charge in [-0.05, 0) is 36.4 Å². The summed E-state index contributed by atoms with van der Waals surface area (Å²) in [6.45, 7) is -0.304. The molecule has 2 aromatic rings. The number of carbonyl (C=O) groups excluding carboxylic acids is 2. The van der Waals surface area contributed by atoms with Crippen molar-refractivity contribution < 1.29 is 27.5 Å². The minimum absolute atomic E-state index is 0.0801. The lowest BCUT2D eigenvalue weighted by Crippen LogP contribution is -2.39. The molecule has 0 bridgehead atoms. The molecule has 1 heterocycles. The van der Waals surface area contributed by atoms with Crippen LogP contribution in [0.15, 0.2) is 46.2 Å². The zero-order chi connectivity index (χ0) is 21.2. The molecule has 0 saturated heterocycles. The molecule has 1 N–H and O–H groups in total. The van der Waals surface area contributed by atoms with Crippen LogP contribution in [0.25, 0.3) is 0 Å². The molecule has 29 heavy (non-hydrogen) atoms. The van der Waals surface area contributed by atoms with Crippen LogP contribution < -0.4 is 14.4 Å². The standard InChI is InChI=1S/C18H17ClN2O6S2/c1-26-15-5-3-11(19)7-13(15)20-29(24,25)12-4-6-16-14(8-12)21(9-18(23)27-2)17(22)10-28-16/h3-8,20H,9-10H2,1-2H3. The minimum Gasteiger partial charge on any atom is -0.495 e. The summed E-state index contributed by atoms with van der Waals surface area (Å²) in [4.78, 5) is 25.8. The molecule has 0 aromatic heterocycles. The fraction of sp³-hybridized carbons (Fsp3) is 0.222. The van der Waals surface area contributed by atoms with Crippen molar-refractivity contribution in [2.24, 2.45) is 0 Å². The normalized spacial score (nSPS) is 13.6. The molecule has 0 fully saturated rings. The number of rotatable bonds is 6. The summed E-state index contributed by atoms with van der Waals surface area (Å²) in [6.07, 6.45) is 0. The van der Waals surface area contributed by atoms with E-state index >= 15 is 0 Å². The lowest BCUT2D eigenvalue weighted by molar-refractivity contribution is -0.139. The van der Waals surface area contributed by atoms with Crippen LogP contribution in [-0.4, -0.2) is 46.8 Å². The second-order valence-corrected chi connectivity index (χ2v) is 9.06. The molecule has 0 unspecified atom stereocenters. The Kier molecular flexibility index (Phi) is 6.25. The monoisotopic (exact) mass is 456 g/mol. The van der Waals surface area contributed by atoms with Gasteiger partial charge in [0.15, 0.2) is 0 Å². The average molecular weight is 457 g/mol. The number of hydrogen-bond acceptors (Lipinski definition) is 7. The van der Waals surface area contributed by atoms with Crippen LogP contribution in [0.1, 0.15) is 0 Å². The maximum atomic E-state index is 12.9. The van der Waals surface area contributed by atoms with Crippen LogP contribution in [-0.2, 0) is 24.3 Å². The maximum Gasteiger partial charge on any atom is 0.325 e. The second-order valence-electron chi connectivity index (χ2n) is 5.92. The van der Waals surface area contributed by atoms with Crippen molar-refractivity contribution in [2.45, 2.75) is 9.79 Å². The van der Waals surface area contributed by atoms with Gasteiger partial charge in [0, 0.05) is 9.92 Å². The van der Waals surface area contributed by atoms with E-state index < -0.39 is 16.0 Å². The molecule has 154 valence electrons. The number of sulfonamides is 1. The van der Waals surface area contributed by atoms with Gasteiger partial charge < -0.3 is 9.47 Å². The number of amides is 1. The summed E-state index contributed by atoms with van der Waals surface area (Å²) in [5.41, 5.74) is 0.507. The van der Waals surface area contributed by atoms with Crippen molar-refractivity contribution >= 4 is 56.6 Å². The molecule has 2 aromatic carbocycles. The maximum absolute atomic E-state index is 12.9. The first-order valence-electron chi connectivity index (χ1n) is 8.25. The van der Waals surface area contributed by atoms with Gasteiger partial charge in [-0.25, -0.2) is 8.42 Å². The topological polar surface area (TPSA) is 102 Å². The number of esters is 1. The second kappa shape index (κ2) is 8.52. The van der Waals surface area contributed by atoms with Gasteiger partial charge in [0.1, 0.15) is 12.3 Å². The van der Waals surface area contributed by atoms with Crippen LogP contribution in [0, 0.1) is 0 Å². The number of nitrogens with zero attached hydrogens (tertiary/aromatic N) is 1. The van der Waals surface area contributed by atoms with E-state index in [1.54, 1.807) is 18.2 Å². The first kappa shape index (κ1) is 21.3. The Morgan fingerprint density at radius 1 is 1.24 bits per heavy atom. The third-order valence-corrected chi connectivity index (χ3v) is 6.75. The van der Waals surface area contributed by atoms with Gasteiger partial charge in [-0.2, -0.15) is 0 Å². The van der Waals surface area contributed by atoms with E-state index in [2.05, 4.69) is 9.46 Å². The van der Waals surface area contributed by atoms with Crippen molar-refractivity contribution in [1.82, 2.24) is 0 Å². The van der Waals surface area contributed by atoms with Crippen LogP contribution in [0.5, 0.6) is 5.75 Å². The largest absolute Gasteiger partial charge is 0.495 e. The molecule has 0 spiro atoms. The molecule has 1 aliphatic rings. The SMILES string of the molecule is COC(=O)CN1C(=O)CSc2ccc(S(=O)(=O)Nc3cc(Cl)ccc3OC)cc21. The highest BCUT2D eigenvalue weighted by molar-refractivity contribution is 8.00. The molecule has 1 aliphatic heterocycles. The molecule has 0 atom stereocenters. The van der Waals surface area contributed by atoms with E-state index in [1.165, 1.54) is 49.1 Å². The number of hydrogen-bond donors (Lipinski definition) is 1. The Balaban J connectivity index is 1.98. The number of benzene rings is 2. The first-order chi connectivity index (χ1) is 13.7. The number of methoxy groups -OCH3 is 2. The van der Waals surface area contributed by atoms with Crippen molar-refractivity contribution in [3.8, 4) is 5.75 Å². The van der Waals surface area contributed by atoms with Crippen molar-refractivity contribution in [3.63, 3.8) is 0 Å². The van der Waals surface area contributed by atoms with E-state index in [0.717, 1.165) is 0 Å². The molecule has 3 rings (SSSR count). The summed E-state index contributed by atoms with van der Waals surface area (Å²) in [5.74, 6) is -0.471. The van der Waals surface area contributed by atoms with Gasteiger partial charge in [0.05, 0.1) is 36.2 Å². The van der Waals surface area contributed by atoms with Gasteiger partial charge in [-0.15, -0.1) is 11.8 Å². The fourth-order valence-electron chi connectivity index (χ4n) is 2.68. The van der Waals surface area contributed by atoms with Crippen LogP contribution in [0.2, 0.25) is 5.02 Å². The number of thioether (sulfide) groups is 1. The highest BCUT2D eigenvalue weighted by Gasteiger charge is 2.29. The molecule has 0 saturated carbocycles. The van der Waals surface area contributed by atoms with E-state index in [0.29, 0.717) is 21.4 Å². The molecular weight excluding hydrogens is 440 g/mol. The first-order valence-corrected chi connectivity index (χ1v) is 11.1. The Labute approximate surface area is 177 Å². The quantitative estimate of drug-likeness (QED) is 0.667. The third kappa shape index (κ3) is 4.60. The van der Waals surface area contributed by atoms with Gasteiger partial charge in [0.2, 0.25) is 5.91 Å². The summed E-state index contributed by atoms with van der Waals surface area (Å²) >= 11 is 7.23. The van der Waals surface area contributed by atoms with Crippen LogP contribution >= 0.6 is 23.4 Å². The van der Waals surface area contributed by atoms with E-state index in [-0.39, 0.29) is 28.8 Å². The van der Waals surface area contributed by atoms with Crippen molar-refractivity contribution in [3.05, 3.63) is 41.4 Å². The average Bonchev–Trinajstić information content (AvgIpc) is 2.69. The lowest BCUT2D eigenvalue weighted by Gasteiger charge is -2.28. The lowest BCUT2D eigenvalue weighted by atomic mass is 10.2. The number of ether oxygens (including phenoxy) is 2. The van der Waals surface area contributed by atoms with Gasteiger partial charge >= 0.3 is 5.97 Å². The van der Waals surface area contributed by atoms with Gasteiger partial charge in [-0.3, -0.25) is 19.2 Å². The Morgan fingerprint density at radius 3 is 2.69 bits per heavy atom. The predicted octanol–water partition coefficient (Wildman–Crippen LogP) is 2.76.